The molecule has 6 heteroatoms. The van der Waals surface area contributed by atoms with Gasteiger partial charge in [-0.1, -0.05) is 24.3 Å². The highest BCUT2D eigenvalue weighted by Gasteiger charge is 2.39. The van der Waals surface area contributed by atoms with E-state index in [1.165, 1.54) is 0 Å². The van der Waals surface area contributed by atoms with Crippen LogP contribution in [0.1, 0.15) is 18.5 Å². The summed E-state index contributed by atoms with van der Waals surface area (Å²) in [5.74, 6) is 0.370. The molecule has 140 valence electrons. The minimum atomic E-state index is -0.284. The van der Waals surface area contributed by atoms with E-state index in [1.807, 2.05) is 60.4 Å². The zero-order chi connectivity index (χ0) is 18.8. The van der Waals surface area contributed by atoms with Crippen LogP contribution in [0.5, 0.6) is 5.88 Å². The number of nitrogens with zero attached hydrogens (tertiary/aromatic N) is 3. The van der Waals surface area contributed by atoms with Gasteiger partial charge in [-0.25, -0.2) is 4.98 Å². The van der Waals surface area contributed by atoms with Crippen molar-refractivity contribution in [3.05, 3.63) is 54.2 Å². The molecule has 27 heavy (non-hydrogen) atoms. The number of benzene rings is 1. The molecule has 2 aliphatic heterocycles. The Balaban J connectivity index is 1.36. The van der Waals surface area contributed by atoms with E-state index in [0.717, 1.165) is 17.8 Å². The van der Waals surface area contributed by atoms with Crippen LogP contribution >= 0.6 is 0 Å². The number of para-hydroxylation sites is 1. The third-order valence-corrected chi connectivity index (χ3v) is 5.15. The fourth-order valence-electron chi connectivity index (χ4n) is 3.77. The Hall–Kier alpha value is -2.89. The summed E-state index contributed by atoms with van der Waals surface area (Å²) in [6.07, 6.45) is 1.00. The Morgan fingerprint density at radius 3 is 2.70 bits per heavy atom. The van der Waals surface area contributed by atoms with E-state index in [9.17, 15) is 9.59 Å². The van der Waals surface area contributed by atoms with Crippen LogP contribution in [0.2, 0.25) is 0 Å². The molecule has 2 saturated heterocycles. The van der Waals surface area contributed by atoms with Gasteiger partial charge in [0.15, 0.2) is 0 Å². The van der Waals surface area contributed by atoms with Gasteiger partial charge in [-0.05, 0) is 25.1 Å². The molecule has 2 unspecified atom stereocenters. The summed E-state index contributed by atoms with van der Waals surface area (Å²) in [4.78, 5) is 33.2. The highest BCUT2D eigenvalue weighted by atomic mass is 16.5. The lowest BCUT2D eigenvalue weighted by atomic mass is 10.1. The van der Waals surface area contributed by atoms with Crippen LogP contribution in [0.3, 0.4) is 0 Å². The summed E-state index contributed by atoms with van der Waals surface area (Å²) in [5.41, 5.74) is 1.76. The predicted molar refractivity (Wildman–Crippen MR) is 101 cm³/mol. The van der Waals surface area contributed by atoms with Crippen LogP contribution < -0.4 is 9.64 Å². The number of likely N-dealkylation sites (tertiary alicyclic amines) is 1. The van der Waals surface area contributed by atoms with Crippen molar-refractivity contribution in [3.63, 3.8) is 0 Å². The van der Waals surface area contributed by atoms with Gasteiger partial charge in [0, 0.05) is 43.4 Å². The molecular weight excluding hydrogens is 342 g/mol. The molecule has 0 bridgehead atoms. The first kappa shape index (κ1) is 17.5. The molecule has 2 aromatic rings. The third-order valence-electron chi connectivity index (χ3n) is 5.15. The van der Waals surface area contributed by atoms with Crippen molar-refractivity contribution in [3.8, 4) is 5.88 Å². The quantitative estimate of drug-likeness (QED) is 0.835. The molecule has 0 saturated carbocycles. The van der Waals surface area contributed by atoms with Gasteiger partial charge in [0.1, 0.15) is 6.10 Å². The van der Waals surface area contributed by atoms with E-state index >= 15 is 0 Å². The summed E-state index contributed by atoms with van der Waals surface area (Å²) in [5, 5.41) is 0. The van der Waals surface area contributed by atoms with Gasteiger partial charge in [-0.2, -0.15) is 0 Å². The van der Waals surface area contributed by atoms with Crippen molar-refractivity contribution in [2.45, 2.75) is 25.9 Å². The first-order chi connectivity index (χ1) is 13.1. The van der Waals surface area contributed by atoms with Gasteiger partial charge in [0.2, 0.25) is 17.7 Å². The van der Waals surface area contributed by atoms with Crippen LogP contribution in [-0.4, -0.2) is 47.4 Å². The number of aromatic nitrogens is 1. The van der Waals surface area contributed by atoms with Gasteiger partial charge >= 0.3 is 0 Å². The summed E-state index contributed by atoms with van der Waals surface area (Å²) >= 11 is 0. The number of carbonyl (C=O) groups is 2. The van der Waals surface area contributed by atoms with E-state index in [2.05, 4.69) is 4.98 Å². The molecule has 0 aliphatic carbocycles. The fourth-order valence-corrected chi connectivity index (χ4v) is 3.77. The summed E-state index contributed by atoms with van der Waals surface area (Å²) < 4.78 is 5.93. The van der Waals surface area contributed by atoms with Crippen molar-refractivity contribution in [1.29, 1.82) is 0 Å². The van der Waals surface area contributed by atoms with E-state index in [1.54, 1.807) is 4.90 Å². The smallest absolute Gasteiger partial charge is 0.228 e. The molecule has 2 aliphatic rings. The number of ether oxygens (including phenoxy) is 1. The maximum absolute atomic E-state index is 12.9. The number of anilines is 1. The van der Waals surface area contributed by atoms with Gasteiger partial charge < -0.3 is 14.5 Å². The molecule has 2 fully saturated rings. The minimum Gasteiger partial charge on any atom is -0.472 e. The summed E-state index contributed by atoms with van der Waals surface area (Å²) in [6.45, 7) is 3.58. The fraction of sp³-hybridized carbons (Fsp3) is 0.381. The number of pyridine rings is 1. The molecule has 6 nitrogen and oxygen atoms in total. The van der Waals surface area contributed by atoms with Crippen LogP contribution in [0.15, 0.2) is 48.5 Å². The molecule has 0 spiro atoms. The average molecular weight is 365 g/mol. The molecule has 0 radical (unpaired) electrons. The number of carbonyl (C=O) groups excluding carboxylic acids is 2. The lowest BCUT2D eigenvalue weighted by Crippen LogP contribution is -2.37. The van der Waals surface area contributed by atoms with Gasteiger partial charge in [0.25, 0.3) is 0 Å². The Labute approximate surface area is 158 Å². The molecule has 3 heterocycles. The van der Waals surface area contributed by atoms with E-state index in [0.29, 0.717) is 25.5 Å². The summed E-state index contributed by atoms with van der Waals surface area (Å²) in [6, 6.07) is 15.2. The Morgan fingerprint density at radius 1 is 1.11 bits per heavy atom. The second kappa shape index (κ2) is 7.39. The van der Waals surface area contributed by atoms with Gasteiger partial charge in [-0.3, -0.25) is 9.59 Å². The highest BCUT2D eigenvalue weighted by molar-refractivity contribution is 6.00. The second-order valence-electron chi connectivity index (χ2n) is 7.17. The van der Waals surface area contributed by atoms with Crippen molar-refractivity contribution < 1.29 is 14.3 Å². The molecule has 1 aromatic heterocycles. The largest absolute Gasteiger partial charge is 0.472 e. The van der Waals surface area contributed by atoms with Crippen molar-refractivity contribution in [2.75, 3.05) is 24.5 Å². The van der Waals surface area contributed by atoms with E-state index in [-0.39, 0.29) is 30.3 Å². The highest BCUT2D eigenvalue weighted by Crippen LogP contribution is 2.27. The predicted octanol–water partition coefficient (Wildman–Crippen LogP) is 2.42. The number of rotatable bonds is 4. The normalized spacial score (nSPS) is 22.3. The van der Waals surface area contributed by atoms with Gasteiger partial charge in [0.05, 0.1) is 12.5 Å². The molecule has 1 aromatic carbocycles. The Morgan fingerprint density at radius 2 is 1.93 bits per heavy atom. The van der Waals surface area contributed by atoms with Crippen molar-refractivity contribution in [2.24, 2.45) is 5.92 Å². The maximum atomic E-state index is 12.9. The number of hydrogen-bond donors (Lipinski definition) is 0. The van der Waals surface area contributed by atoms with Crippen LogP contribution in [0, 0.1) is 12.8 Å². The summed E-state index contributed by atoms with van der Waals surface area (Å²) in [7, 11) is 0. The zero-order valence-corrected chi connectivity index (χ0v) is 15.4. The first-order valence-electron chi connectivity index (χ1n) is 9.34. The molecule has 4 rings (SSSR count). The number of hydrogen-bond acceptors (Lipinski definition) is 4. The standard InChI is InChI=1S/C21H23N3O3/c1-15-6-5-9-19(22-15)27-18-10-11-23(14-18)21(26)16-12-20(25)24(13-16)17-7-3-2-4-8-17/h2-9,16,18H,10-14H2,1H3. The van der Waals surface area contributed by atoms with Crippen molar-refractivity contribution >= 4 is 17.5 Å². The lowest BCUT2D eigenvalue weighted by molar-refractivity contribution is -0.135. The number of aryl methyl sites for hydroxylation is 1. The van der Waals surface area contributed by atoms with E-state index < -0.39 is 0 Å². The SMILES string of the molecule is Cc1cccc(OC2CCN(C(=O)C3CC(=O)N(c4ccccc4)C3)C2)n1. The third kappa shape index (κ3) is 3.79. The Kier molecular flexibility index (Phi) is 4.79. The van der Waals surface area contributed by atoms with Crippen LogP contribution in [0.4, 0.5) is 5.69 Å². The average Bonchev–Trinajstić information content (AvgIpc) is 3.29. The molecule has 0 N–H and O–H groups in total. The lowest BCUT2D eigenvalue weighted by Gasteiger charge is -2.21. The number of amides is 2. The maximum Gasteiger partial charge on any atom is 0.228 e. The molecular formula is C21H23N3O3. The van der Waals surface area contributed by atoms with Crippen LogP contribution in [-0.2, 0) is 9.59 Å². The molecule has 2 amide bonds. The first-order valence-corrected chi connectivity index (χ1v) is 9.34. The minimum absolute atomic E-state index is 0.00973. The monoisotopic (exact) mass is 365 g/mol. The molecule has 2 atom stereocenters. The zero-order valence-electron chi connectivity index (χ0n) is 15.4. The second-order valence-corrected chi connectivity index (χ2v) is 7.17. The topological polar surface area (TPSA) is 62.7 Å². The Bertz CT molecular complexity index is 840. The van der Waals surface area contributed by atoms with Crippen LogP contribution in [0.25, 0.3) is 0 Å². The van der Waals surface area contributed by atoms with Gasteiger partial charge in [-0.15, -0.1) is 0 Å². The van der Waals surface area contributed by atoms with E-state index in [4.69, 9.17) is 4.74 Å². The van der Waals surface area contributed by atoms with Crippen molar-refractivity contribution in [1.82, 2.24) is 9.88 Å².